The normalized spacial score (nSPS) is 23.3. The van der Waals surface area contributed by atoms with E-state index in [1.165, 1.54) is 5.56 Å². The van der Waals surface area contributed by atoms with E-state index in [0.717, 1.165) is 36.2 Å². The van der Waals surface area contributed by atoms with E-state index in [1.54, 1.807) is 7.11 Å². The molecule has 3 nitrogen and oxygen atoms in total. The maximum Gasteiger partial charge on any atom is 0.177 e. The minimum atomic E-state index is 0.231. The number of ketones is 1. The standard InChI is InChI=1S/C18H27NO2/c1-12-8-14(3)18(15(4)9-12)16(20)10-19-7-6-13(2)17(11-19)21-5/h8-9,13,17H,6-7,10-11H2,1-5H3. The van der Waals surface area contributed by atoms with Crippen molar-refractivity contribution in [2.24, 2.45) is 5.92 Å². The third-order valence-corrected chi connectivity index (χ3v) is 4.60. The number of nitrogens with zero attached hydrogens (tertiary/aromatic N) is 1. The van der Waals surface area contributed by atoms with Gasteiger partial charge in [0.2, 0.25) is 0 Å². The number of carbonyl (C=O) groups is 1. The van der Waals surface area contributed by atoms with E-state index in [4.69, 9.17) is 4.74 Å². The van der Waals surface area contributed by atoms with Crippen molar-refractivity contribution in [3.63, 3.8) is 0 Å². The van der Waals surface area contributed by atoms with Gasteiger partial charge in [-0.15, -0.1) is 0 Å². The number of Topliss-reactive ketones (excluding diaryl/α,β-unsaturated/α-hetero) is 1. The van der Waals surface area contributed by atoms with Crippen molar-refractivity contribution in [3.05, 3.63) is 34.4 Å². The molecule has 0 spiro atoms. The van der Waals surface area contributed by atoms with Crippen LogP contribution in [0, 0.1) is 26.7 Å². The zero-order chi connectivity index (χ0) is 15.6. The molecule has 2 atom stereocenters. The lowest BCUT2D eigenvalue weighted by atomic mass is 9.93. The predicted molar refractivity (Wildman–Crippen MR) is 86.0 cm³/mol. The van der Waals surface area contributed by atoms with Gasteiger partial charge in [0.15, 0.2) is 5.78 Å². The van der Waals surface area contributed by atoms with Crippen LogP contribution in [0.5, 0.6) is 0 Å². The maximum absolute atomic E-state index is 12.7. The van der Waals surface area contributed by atoms with E-state index in [0.29, 0.717) is 12.5 Å². The molecule has 0 radical (unpaired) electrons. The summed E-state index contributed by atoms with van der Waals surface area (Å²) in [5, 5.41) is 0. The molecule has 21 heavy (non-hydrogen) atoms. The van der Waals surface area contributed by atoms with E-state index in [9.17, 15) is 4.79 Å². The highest BCUT2D eigenvalue weighted by molar-refractivity contribution is 6.00. The number of aryl methyl sites for hydroxylation is 3. The Labute approximate surface area is 128 Å². The number of piperidine rings is 1. The van der Waals surface area contributed by atoms with Crippen LogP contribution in [-0.2, 0) is 4.74 Å². The minimum absolute atomic E-state index is 0.231. The van der Waals surface area contributed by atoms with Crippen molar-refractivity contribution in [2.75, 3.05) is 26.7 Å². The molecule has 1 aliphatic rings. The van der Waals surface area contributed by atoms with Gasteiger partial charge in [0, 0.05) is 19.2 Å². The fourth-order valence-electron chi connectivity index (χ4n) is 3.45. The van der Waals surface area contributed by atoms with Crippen molar-refractivity contribution in [2.45, 2.75) is 40.2 Å². The quantitative estimate of drug-likeness (QED) is 0.798. The van der Waals surface area contributed by atoms with Gasteiger partial charge in [-0.3, -0.25) is 9.69 Å². The summed E-state index contributed by atoms with van der Waals surface area (Å²) in [5.74, 6) is 0.804. The molecule has 0 saturated carbocycles. The summed E-state index contributed by atoms with van der Waals surface area (Å²) < 4.78 is 5.53. The van der Waals surface area contributed by atoms with Crippen LogP contribution < -0.4 is 0 Å². The van der Waals surface area contributed by atoms with E-state index < -0.39 is 0 Å². The van der Waals surface area contributed by atoms with Crippen LogP contribution in [0.4, 0.5) is 0 Å². The van der Waals surface area contributed by atoms with Crippen LogP contribution in [0.25, 0.3) is 0 Å². The molecule has 0 bridgehead atoms. The summed E-state index contributed by atoms with van der Waals surface area (Å²) in [6, 6.07) is 4.19. The number of carbonyl (C=O) groups excluding carboxylic acids is 1. The molecule has 1 heterocycles. The summed E-state index contributed by atoms with van der Waals surface area (Å²) >= 11 is 0. The van der Waals surface area contributed by atoms with Crippen LogP contribution in [-0.4, -0.2) is 43.5 Å². The van der Waals surface area contributed by atoms with Gasteiger partial charge >= 0.3 is 0 Å². The van der Waals surface area contributed by atoms with Crippen molar-refractivity contribution in [1.82, 2.24) is 4.90 Å². The Morgan fingerprint density at radius 1 is 1.29 bits per heavy atom. The van der Waals surface area contributed by atoms with Crippen LogP contribution in [0.2, 0.25) is 0 Å². The number of benzene rings is 1. The summed E-state index contributed by atoms with van der Waals surface area (Å²) in [4.78, 5) is 14.9. The molecule has 2 unspecified atom stereocenters. The molecule has 1 aliphatic heterocycles. The first kappa shape index (κ1) is 16.2. The van der Waals surface area contributed by atoms with Crippen LogP contribution in [0.15, 0.2) is 12.1 Å². The third kappa shape index (κ3) is 3.72. The lowest BCUT2D eigenvalue weighted by Gasteiger charge is -2.35. The Morgan fingerprint density at radius 3 is 2.48 bits per heavy atom. The molecule has 116 valence electrons. The summed E-state index contributed by atoms with van der Waals surface area (Å²) in [6.07, 6.45) is 1.34. The van der Waals surface area contributed by atoms with E-state index >= 15 is 0 Å². The van der Waals surface area contributed by atoms with Gasteiger partial charge in [-0.25, -0.2) is 0 Å². The van der Waals surface area contributed by atoms with Gasteiger partial charge < -0.3 is 4.74 Å². The second-order valence-electron chi connectivity index (χ2n) is 6.47. The van der Waals surface area contributed by atoms with Crippen molar-refractivity contribution in [3.8, 4) is 0 Å². The second kappa shape index (κ2) is 6.71. The molecule has 1 aromatic rings. The van der Waals surface area contributed by atoms with Crippen molar-refractivity contribution in [1.29, 1.82) is 0 Å². The molecule has 0 aromatic heterocycles. The summed E-state index contributed by atoms with van der Waals surface area (Å²) in [7, 11) is 1.76. The average Bonchev–Trinajstić information content (AvgIpc) is 2.39. The predicted octanol–water partition coefficient (Wildman–Crippen LogP) is 3.15. The smallest absolute Gasteiger partial charge is 0.177 e. The lowest BCUT2D eigenvalue weighted by Crippen LogP contribution is -2.45. The van der Waals surface area contributed by atoms with E-state index in [-0.39, 0.29) is 11.9 Å². The highest BCUT2D eigenvalue weighted by Crippen LogP contribution is 2.21. The number of hydrogen-bond donors (Lipinski definition) is 0. The van der Waals surface area contributed by atoms with Gasteiger partial charge in [0.05, 0.1) is 12.6 Å². The maximum atomic E-state index is 12.7. The molecule has 0 aliphatic carbocycles. The molecule has 1 aromatic carbocycles. The van der Waals surface area contributed by atoms with E-state index in [1.807, 2.05) is 13.8 Å². The Balaban J connectivity index is 2.09. The highest BCUT2D eigenvalue weighted by atomic mass is 16.5. The zero-order valence-corrected chi connectivity index (χ0v) is 13.9. The minimum Gasteiger partial charge on any atom is -0.380 e. The largest absolute Gasteiger partial charge is 0.380 e. The van der Waals surface area contributed by atoms with Crippen LogP contribution in [0.1, 0.15) is 40.4 Å². The Morgan fingerprint density at radius 2 is 1.90 bits per heavy atom. The van der Waals surface area contributed by atoms with Gasteiger partial charge in [0.25, 0.3) is 0 Å². The number of methoxy groups -OCH3 is 1. The second-order valence-corrected chi connectivity index (χ2v) is 6.47. The van der Waals surface area contributed by atoms with Crippen LogP contribution in [0.3, 0.4) is 0 Å². The lowest BCUT2D eigenvalue weighted by molar-refractivity contribution is -0.00325. The SMILES string of the molecule is COC1CN(CC(=O)c2c(C)cc(C)cc2C)CCC1C. The number of likely N-dealkylation sites (tertiary alicyclic amines) is 1. The fourth-order valence-corrected chi connectivity index (χ4v) is 3.45. The molecule has 0 amide bonds. The molecular weight excluding hydrogens is 262 g/mol. The Kier molecular flexibility index (Phi) is 5.17. The monoisotopic (exact) mass is 289 g/mol. The van der Waals surface area contributed by atoms with Gasteiger partial charge in [-0.05, 0) is 50.8 Å². The molecule has 1 saturated heterocycles. The summed E-state index contributed by atoms with van der Waals surface area (Å²) in [5.41, 5.74) is 4.29. The van der Waals surface area contributed by atoms with Gasteiger partial charge in [0.1, 0.15) is 0 Å². The average molecular weight is 289 g/mol. The van der Waals surface area contributed by atoms with Gasteiger partial charge in [-0.1, -0.05) is 24.6 Å². The molecular formula is C18H27NO2. The van der Waals surface area contributed by atoms with Crippen LogP contribution >= 0.6 is 0 Å². The highest BCUT2D eigenvalue weighted by Gasteiger charge is 2.27. The first-order valence-corrected chi connectivity index (χ1v) is 7.78. The summed E-state index contributed by atoms with van der Waals surface area (Å²) in [6.45, 7) is 10.7. The number of ether oxygens (including phenoxy) is 1. The van der Waals surface area contributed by atoms with Crippen molar-refractivity contribution >= 4 is 5.78 Å². The zero-order valence-electron chi connectivity index (χ0n) is 13.9. The number of rotatable bonds is 4. The fraction of sp³-hybridized carbons (Fsp3) is 0.611. The molecule has 1 fully saturated rings. The third-order valence-electron chi connectivity index (χ3n) is 4.60. The first-order chi connectivity index (χ1) is 9.92. The van der Waals surface area contributed by atoms with Gasteiger partial charge in [-0.2, -0.15) is 0 Å². The Bertz CT molecular complexity index is 501. The molecule has 3 heteroatoms. The first-order valence-electron chi connectivity index (χ1n) is 7.78. The Hall–Kier alpha value is -1.19. The molecule has 0 N–H and O–H groups in total. The topological polar surface area (TPSA) is 29.5 Å². The van der Waals surface area contributed by atoms with Crippen molar-refractivity contribution < 1.29 is 9.53 Å². The van der Waals surface area contributed by atoms with E-state index in [2.05, 4.69) is 30.9 Å². The molecule has 2 rings (SSSR count). The number of hydrogen-bond acceptors (Lipinski definition) is 3.